The van der Waals surface area contributed by atoms with Crippen molar-refractivity contribution >= 4 is 11.3 Å². The average molecular weight is 171 g/mol. The summed E-state index contributed by atoms with van der Waals surface area (Å²) in [4.78, 5) is 0. The molecular formula is C6H9N3OS. The zero-order valence-corrected chi connectivity index (χ0v) is 6.75. The van der Waals surface area contributed by atoms with Crippen LogP contribution in [0.5, 0.6) is 5.19 Å². The first-order chi connectivity index (χ1) is 5.34. The first kappa shape index (κ1) is 7.00. The van der Waals surface area contributed by atoms with Gasteiger partial charge in [0.25, 0.3) is 5.19 Å². The third kappa shape index (κ3) is 1.49. The number of nitrogens with two attached hydrogens (primary N) is 1. The van der Waals surface area contributed by atoms with Crippen LogP contribution in [-0.4, -0.2) is 22.3 Å². The Bertz CT molecular complexity index is 220. The van der Waals surface area contributed by atoms with E-state index < -0.39 is 0 Å². The van der Waals surface area contributed by atoms with E-state index in [9.17, 15) is 0 Å². The summed E-state index contributed by atoms with van der Waals surface area (Å²) in [5, 5.41) is 8.09. The lowest BCUT2D eigenvalue weighted by Crippen LogP contribution is -2.43. The minimum Gasteiger partial charge on any atom is -0.466 e. The Morgan fingerprint density at radius 3 is 3.00 bits per heavy atom. The van der Waals surface area contributed by atoms with Crippen molar-refractivity contribution in [1.29, 1.82) is 0 Å². The summed E-state index contributed by atoms with van der Waals surface area (Å²) in [6.45, 7) is 0. The summed E-state index contributed by atoms with van der Waals surface area (Å²) in [6.07, 6.45) is 2.16. The van der Waals surface area contributed by atoms with Crippen molar-refractivity contribution in [2.45, 2.75) is 25.0 Å². The number of hydrogen-bond acceptors (Lipinski definition) is 5. The molecule has 1 fully saturated rings. The number of ether oxygens (including phenoxy) is 1. The first-order valence-electron chi connectivity index (χ1n) is 3.53. The molecule has 0 atom stereocenters. The van der Waals surface area contributed by atoms with E-state index in [2.05, 4.69) is 10.2 Å². The van der Waals surface area contributed by atoms with Crippen LogP contribution in [0.4, 0.5) is 0 Å². The number of nitrogens with zero attached hydrogens (tertiary/aromatic N) is 2. The van der Waals surface area contributed by atoms with Gasteiger partial charge in [-0.25, -0.2) is 0 Å². The monoisotopic (exact) mass is 171 g/mol. The number of rotatable bonds is 2. The highest BCUT2D eigenvalue weighted by Crippen LogP contribution is 2.24. The molecule has 0 bridgehead atoms. The Hall–Kier alpha value is -0.680. The number of hydrogen-bond donors (Lipinski definition) is 1. The smallest absolute Gasteiger partial charge is 0.294 e. The quantitative estimate of drug-likeness (QED) is 0.700. The molecule has 1 aliphatic carbocycles. The molecule has 1 aromatic heterocycles. The molecule has 0 aliphatic heterocycles. The molecule has 5 heteroatoms. The Morgan fingerprint density at radius 2 is 2.45 bits per heavy atom. The van der Waals surface area contributed by atoms with Gasteiger partial charge in [-0.15, -0.1) is 10.2 Å². The van der Waals surface area contributed by atoms with Crippen molar-refractivity contribution in [3.8, 4) is 5.19 Å². The average Bonchev–Trinajstić information content (AvgIpc) is 2.36. The van der Waals surface area contributed by atoms with Crippen LogP contribution in [0.1, 0.15) is 12.8 Å². The summed E-state index contributed by atoms with van der Waals surface area (Å²) in [5.74, 6) is 0. The lowest BCUT2D eigenvalue weighted by Gasteiger charge is -2.31. The van der Waals surface area contributed by atoms with Crippen molar-refractivity contribution < 1.29 is 4.74 Å². The predicted octanol–water partition coefficient (Wildman–Crippen LogP) is 0.407. The van der Waals surface area contributed by atoms with Crippen molar-refractivity contribution in [3.05, 3.63) is 5.51 Å². The fourth-order valence-electron chi connectivity index (χ4n) is 1.06. The standard InChI is InChI=1S/C6H9N3OS/c7-4-1-5(2-4)10-6-9-8-3-11-6/h3-5H,1-2,7H2. The summed E-state index contributed by atoms with van der Waals surface area (Å²) in [7, 11) is 0. The molecule has 60 valence electrons. The zero-order chi connectivity index (χ0) is 7.68. The van der Waals surface area contributed by atoms with Crippen LogP contribution in [0.3, 0.4) is 0 Å². The van der Waals surface area contributed by atoms with Gasteiger partial charge in [-0.05, 0) is 12.8 Å². The lowest BCUT2D eigenvalue weighted by molar-refractivity contribution is 0.0997. The Labute approximate surface area is 68.4 Å². The second-order valence-electron chi connectivity index (χ2n) is 2.68. The van der Waals surface area contributed by atoms with E-state index in [1.54, 1.807) is 5.51 Å². The molecule has 1 aliphatic rings. The van der Waals surface area contributed by atoms with E-state index in [4.69, 9.17) is 10.5 Å². The highest BCUT2D eigenvalue weighted by molar-refractivity contribution is 7.11. The van der Waals surface area contributed by atoms with Crippen molar-refractivity contribution in [2.24, 2.45) is 5.73 Å². The zero-order valence-electron chi connectivity index (χ0n) is 5.93. The molecule has 0 saturated heterocycles. The molecule has 0 amide bonds. The van der Waals surface area contributed by atoms with Crippen LogP contribution in [0.15, 0.2) is 5.51 Å². The Morgan fingerprint density at radius 1 is 1.64 bits per heavy atom. The molecule has 2 N–H and O–H groups in total. The Balaban J connectivity index is 1.84. The molecule has 0 aromatic carbocycles. The molecule has 1 saturated carbocycles. The fraction of sp³-hybridized carbons (Fsp3) is 0.667. The van der Waals surface area contributed by atoms with Gasteiger partial charge in [-0.3, -0.25) is 0 Å². The van der Waals surface area contributed by atoms with Gasteiger partial charge in [-0.1, -0.05) is 11.3 Å². The van der Waals surface area contributed by atoms with E-state index >= 15 is 0 Å². The van der Waals surface area contributed by atoms with Crippen molar-refractivity contribution in [1.82, 2.24) is 10.2 Å². The predicted molar refractivity (Wildman–Crippen MR) is 41.5 cm³/mol. The van der Waals surface area contributed by atoms with Gasteiger partial charge in [0.15, 0.2) is 0 Å². The second-order valence-corrected chi connectivity index (χ2v) is 3.47. The van der Waals surface area contributed by atoms with Crippen LogP contribution in [0, 0.1) is 0 Å². The summed E-state index contributed by atoms with van der Waals surface area (Å²) in [5.41, 5.74) is 7.25. The molecule has 0 unspecified atom stereocenters. The van der Waals surface area contributed by atoms with Crippen LogP contribution >= 0.6 is 11.3 Å². The molecule has 11 heavy (non-hydrogen) atoms. The topological polar surface area (TPSA) is 61.0 Å². The van der Waals surface area contributed by atoms with Gasteiger partial charge in [-0.2, -0.15) is 0 Å². The minimum absolute atomic E-state index is 0.276. The van der Waals surface area contributed by atoms with E-state index in [0.717, 1.165) is 12.8 Å². The second kappa shape index (κ2) is 2.75. The largest absolute Gasteiger partial charge is 0.466 e. The highest BCUT2D eigenvalue weighted by atomic mass is 32.1. The van der Waals surface area contributed by atoms with Crippen LogP contribution in [-0.2, 0) is 0 Å². The van der Waals surface area contributed by atoms with Crippen molar-refractivity contribution in [2.75, 3.05) is 0 Å². The summed E-state index contributed by atoms with van der Waals surface area (Å²) in [6, 6.07) is 0.327. The minimum atomic E-state index is 0.276. The first-order valence-corrected chi connectivity index (χ1v) is 4.41. The third-order valence-corrected chi connectivity index (χ3v) is 2.32. The summed E-state index contributed by atoms with van der Waals surface area (Å²) < 4.78 is 5.43. The maximum Gasteiger partial charge on any atom is 0.294 e. The van der Waals surface area contributed by atoms with Gasteiger partial charge in [0, 0.05) is 6.04 Å². The lowest BCUT2D eigenvalue weighted by atomic mass is 9.90. The number of aromatic nitrogens is 2. The van der Waals surface area contributed by atoms with Gasteiger partial charge in [0.2, 0.25) is 0 Å². The van der Waals surface area contributed by atoms with E-state index in [0.29, 0.717) is 11.2 Å². The summed E-state index contributed by atoms with van der Waals surface area (Å²) >= 11 is 1.42. The molecule has 0 spiro atoms. The van der Waals surface area contributed by atoms with E-state index in [1.165, 1.54) is 11.3 Å². The Kier molecular flexibility index (Phi) is 1.75. The molecular weight excluding hydrogens is 162 g/mol. The molecule has 1 heterocycles. The normalized spacial score (nSPS) is 29.5. The van der Waals surface area contributed by atoms with Crippen LogP contribution < -0.4 is 10.5 Å². The maximum absolute atomic E-state index is 5.59. The fourth-order valence-corrected chi connectivity index (χ4v) is 1.53. The van der Waals surface area contributed by atoms with Gasteiger partial charge < -0.3 is 10.5 Å². The van der Waals surface area contributed by atoms with Crippen LogP contribution in [0.25, 0.3) is 0 Å². The molecule has 4 nitrogen and oxygen atoms in total. The molecule has 0 radical (unpaired) electrons. The van der Waals surface area contributed by atoms with Gasteiger partial charge in [0.05, 0.1) is 0 Å². The van der Waals surface area contributed by atoms with Gasteiger partial charge in [0.1, 0.15) is 11.6 Å². The van der Waals surface area contributed by atoms with E-state index in [1.807, 2.05) is 0 Å². The highest BCUT2D eigenvalue weighted by Gasteiger charge is 2.28. The van der Waals surface area contributed by atoms with Gasteiger partial charge >= 0.3 is 0 Å². The maximum atomic E-state index is 5.59. The van der Waals surface area contributed by atoms with Crippen LogP contribution in [0.2, 0.25) is 0 Å². The molecule has 1 aromatic rings. The van der Waals surface area contributed by atoms with Crippen molar-refractivity contribution in [3.63, 3.8) is 0 Å². The molecule has 2 rings (SSSR count). The SMILES string of the molecule is NC1CC(Oc2nncs2)C1. The third-order valence-electron chi connectivity index (χ3n) is 1.74. The van der Waals surface area contributed by atoms with E-state index in [-0.39, 0.29) is 6.10 Å².